The van der Waals surface area contributed by atoms with Gasteiger partial charge in [-0.2, -0.15) is 0 Å². The molecule has 2 rings (SSSR count). The van der Waals surface area contributed by atoms with Gasteiger partial charge in [0.25, 0.3) is 0 Å². The summed E-state index contributed by atoms with van der Waals surface area (Å²) in [6.45, 7) is 2.04. The number of para-hydroxylation sites is 2. The molecule has 0 unspecified atom stereocenters. The lowest BCUT2D eigenvalue weighted by molar-refractivity contribution is 0.248. The van der Waals surface area contributed by atoms with E-state index in [1.54, 1.807) is 12.1 Å². The SMILES string of the molecule is CC[C@@H](NC(=O)Nc1ccccc1N)c1ccccc1. The number of rotatable bonds is 4. The van der Waals surface area contributed by atoms with Crippen LogP contribution in [-0.2, 0) is 0 Å². The number of carbonyl (C=O) groups is 1. The number of nitrogens with two attached hydrogens (primary N) is 1. The lowest BCUT2D eigenvalue weighted by Gasteiger charge is -2.18. The molecule has 0 aromatic heterocycles. The van der Waals surface area contributed by atoms with Crippen molar-refractivity contribution in [2.75, 3.05) is 11.1 Å². The van der Waals surface area contributed by atoms with E-state index >= 15 is 0 Å². The summed E-state index contributed by atoms with van der Waals surface area (Å²) in [5.41, 5.74) is 8.06. The molecule has 0 radical (unpaired) electrons. The molecule has 0 heterocycles. The predicted octanol–water partition coefficient (Wildman–Crippen LogP) is 3.54. The molecular weight excluding hydrogens is 250 g/mol. The standard InChI is InChI=1S/C16H19N3O/c1-2-14(12-8-4-3-5-9-12)18-16(20)19-15-11-7-6-10-13(15)17/h3-11,14H,2,17H2,1H3,(H2,18,19,20)/t14-/m1/s1. The van der Waals surface area contributed by atoms with E-state index in [-0.39, 0.29) is 12.1 Å². The Hall–Kier alpha value is -2.49. The van der Waals surface area contributed by atoms with E-state index in [1.807, 2.05) is 49.4 Å². The van der Waals surface area contributed by atoms with Crippen molar-refractivity contribution in [3.8, 4) is 0 Å². The van der Waals surface area contributed by atoms with Gasteiger partial charge in [-0.05, 0) is 24.1 Å². The van der Waals surface area contributed by atoms with E-state index < -0.39 is 0 Å². The Morgan fingerprint density at radius 3 is 2.40 bits per heavy atom. The molecule has 104 valence electrons. The maximum atomic E-state index is 12.0. The Balaban J connectivity index is 2.02. The fourth-order valence-corrected chi connectivity index (χ4v) is 2.03. The van der Waals surface area contributed by atoms with Crippen LogP contribution in [0.5, 0.6) is 0 Å². The zero-order valence-electron chi connectivity index (χ0n) is 11.5. The second-order valence-electron chi connectivity index (χ2n) is 4.56. The Bertz CT molecular complexity index is 569. The largest absolute Gasteiger partial charge is 0.397 e. The number of hydrogen-bond acceptors (Lipinski definition) is 2. The van der Waals surface area contributed by atoms with Gasteiger partial charge >= 0.3 is 6.03 Å². The van der Waals surface area contributed by atoms with Crippen molar-refractivity contribution in [2.45, 2.75) is 19.4 Å². The summed E-state index contributed by atoms with van der Waals surface area (Å²) in [5.74, 6) is 0. The lowest BCUT2D eigenvalue weighted by atomic mass is 10.1. The monoisotopic (exact) mass is 269 g/mol. The zero-order chi connectivity index (χ0) is 14.4. The minimum Gasteiger partial charge on any atom is -0.397 e. The minimum atomic E-state index is -0.251. The van der Waals surface area contributed by atoms with Crippen LogP contribution in [0.4, 0.5) is 16.2 Å². The van der Waals surface area contributed by atoms with Gasteiger partial charge in [0.2, 0.25) is 0 Å². The van der Waals surface area contributed by atoms with Gasteiger partial charge in [-0.3, -0.25) is 0 Å². The normalized spacial score (nSPS) is 11.7. The molecular formula is C16H19N3O. The highest BCUT2D eigenvalue weighted by Gasteiger charge is 2.12. The average Bonchev–Trinajstić information content (AvgIpc) is 2.48. The first kappa shape index (κ1) is 13.9. The number of anilines is 2. The maximum absolute atomic E-state index is 12.0. The number of amides is 2. The van der Waals surface area contributed by atoms with E-state index in [4.69, 9.17) is 5.73 Å². The second-order valence-corrected chi connectivity index (χ2v) is 4.56. The average molecular weight is 269 g/mol. The van der Waals surface area contributed by atoms with Gasteiger partial charge in [0.1, 0.15) is 0 Å². The third-order valence-corrected chi connectivity index (χ3v) is 3.12. The molecule has 0 spiro atoms. The van der Waals surface area contributed by atoms with Gasteiger partial charge in [-0.15, -0.1) is 0 Å². The quantitative estimate of drug-likeness (QED) is 0.743. The molecule has 0 aliphatic rings. The summed E-state index contributed by atoms with van der Waals surface area (Å²) >= 11 is 0. The number of urea groups is 1. The summed E-state index contributed by atoms with van der Waals surface area (Å²) < 4.78 is 0. The molecule has 0 saturated heterocycles. The van der Waals surface area contributed by atoms with Crippen LogP contribution in [0.3, 0.4) is 0 Å². The number of nitrogens with one attached hydrogen (secondary N) is 2. The van der Waals surface area contributed by atoms with E-state index in [9.17, 15) is 4.79 Å². The van der Waals surface area contributed by atoms with Crippen LogP contribution in [0.2, 0.25) is 0 Å². The molecule has 2 aromatic rings. The number of benzene rings is 2. The minimum absolute atomic E-state index is 0.0128. The highest BCUT2D eigenvalue weighted by Crippen LogP contribution is 2.18. The number of carbonyl (C=O) groups excluding carboxylic acids is 1. The molecule has 20 heavy (non-hydrogen) atoms. The predicted molar refractivity (Wildman–Crippen MR) is 82.5 cm³/mol. The van der Waals surface area contributed by atoms with Gasteiger partial charge < -0.3 is 16.4 Å². The van der Waals surface area contributed by atoms with Crippen molar-refractivity contribution in [3.63, 3.8) is 0 Å². The summed E-state index contributed by atoms with van der Waals surface area (Å²) in [4.78, 5) is 12.0. The van der Waals surface area contributed by atoms with Crippen molar-refractivity contribution in [2.24, 2.45) is 0 Å². The van der Waals surface area contributed by atoms with Crippen LogP contribution in [0.25, 0.3) is 0 Å². The maximum Gasteiger partial charge on any atom is 0.319 e. The van der Waals surface area contributed by atoms with Gasteiger partial charge in [-0.25, -0.2) is 4.79 Å². The highest BCUT2D eigenvalue weighted by molar-refractivity contribution is 5.92. The number of nitrogen functional groups attached to an aromatic ring is 1. The van der Waals surface area contributed by atoms with Gasteiger partial charge in [0.15, 0.2) is 0 Å². The molecule has 4 heteroatoms. The van der Waals surface area contributed by atoms with Crippen LogP contribution in [-0.4, -0.2) is 6.03 Å². The molecule has 2 aromatic carbocycles. The smallest absolute Gasteiger partial charge is 0.319 e. The van der Waals surface area contributed by atoms with E-state index in [2.05, 4.69) is 10.6 Å². The first-order valence-electron chi connectivity index (χ1n) is 6.67. The van der Waals surface area contributed by atoms with Crippen LogP contribution in [0, 0.1) is 0 Å². The van der Waals surface area contributed by atoms with E-state index in [0.717, 1.165) is 12.0 Å². The van der Waals surface area contributed by atoms with E-state index in [0.29, 0.717) is 11.4 Å². The molecule has 0 aliphatic heterocycles. The third-order valence-electron chi connectivity index (χ3n) is 3.12. The van der Waals surface area contributed by atoms with Crippen molar-refractivity contribution in [3.05, 3.63) is 60.2 Å². The van der Waals surface area contributed by atoms with Crippen molar-refractivity contribution in [1.82, 2.24) is 5.32 Å². The summed E-state index contributed by atoms with van der Waals surface area (Å²) in [5, 5.41) is 5.72. The Labute approximate surface area is 119 Å². The van der Waals surface area contributed by atoms with Gasteiger partial charge in [0, 0.05) is 0 Å². The fourth-order valence-electron chi connectivity index (χ4n) is 2.03. The molecule has 1 atom stereocenters. The molecule has 2 amide bonds. The summed E-state index contributed by atoms with van der Waals surface area (Å²) in [6.07, 6.45) is 0.821. The molecule has 0 fully saturated rings. The summed E-state index contributed by atoms with van der Waals surface area (Å²) in [7, 11) is 0. The Morgan fingerprint density at radius 2 is 1.75 bits per heavy atom. The molecule has 0 bridgehead atoms. The Morgan fingerprint density at radius 1 is 1.10 bits per heavy atom. The van der Waals surface area contributed by atoms with Crippen molar-refractivity contribution < 1.29 is 4.79 Å². The zero-order valence-corrected chi connectivity index (χ0v) is 11.5. The van der Waals surface area contributed by atoms with Gasteiger partial charge in [-0.1, -0.05) is 49.4 Å². The molecule has 4 nitrogen and oxygen atoms in total. The van der Waals surface area contributed by atoms with E-state index in [1.165, 1.54) is 0 Å². The summed E-state index contributed by atoms with van der Waals surface area (Å²) in [6, 6.07) is 16.8. The lowest BCUT2D eigenvalue weighted by Crippen LogP contribution is -2.32. The fraction of sp³-hybridized carbons (Fsp3) is 0.188. The third kappa shape index (κ3) is 3.51. The topological polar surface area (TPSA) is 67.2 Å². The molecule has 0 aliphatic carbocycles. The van der Waals surface area contributed by atoms with Crippen LogP contribution >= 0.6 is 0 Å². The van der Waals surface area contributed by atoms with Gasteiger partial charge in [0.05, 0.1) is 17.4 Å². The van der Waals surface area contributed by atoms with Crippen LogP contribution in [0.15, 0.2) is 54.6 Å². The molecule has 0 saturated carbocycles. The molecule has 4 N–H and O–H groups in total. The Kier molecular flexibility index (Phi) is 4.60. The first-order valence-corrected chi connectivity index (χ1v) is 6.67. The highest BCUT2D eigenvalue weighted by atomic mass is 16.2. The van der Waals surface area contributed by atoms with Crippen molar-refractivity contribution >= 4 is 17.4 Å². The first-order chi connectivity index (χ1) is 9.70. The number of hydrogen-bond donors (Lipinski definition) is 3. The van der Waals surface area contributed by atoms with Crippen LogP contribution < -0.4 is 16.4 Å². The van der Waals surface area contributed by atoms with Crippen molar-refractivity contribution in [1.29, 1.82) is 0 Å². The second kappa shape index (κ2) is 6.61. The van der Waals surface area contributed by atoms with Crippen LogP contribution in [0.1, 0.15) is 24.9 Å².